The summed E-state index contributed by atoms with van der Waals surface area (Å²) in [5.41, 5.74) is 1.23. The van der Waals surface area contributed by atoms with Gasteiger partial charge in [-0.15, -0.1) is 0 Å². The molecular weight excluding hydrogens is 388 g/mol. The molecule has 0 aromatic heterocycles. The molecule has 4 heteroatoms. The molecule has 1 aliphatic carbocycles. The average molecular weight is 406 g/mol. The third kappa shape index (κ3) is 4.59. The zero-order valence-corrected chi connectivity index (χ0v) is 13.0. The molecule has 0 heterocycles. The number of allylic oxidation sites excluding steroid dienone is 2. The maximum atomic E-state index is 10.8. The van der Waals surface area contributed by atoms with Crippen LogP contribution in [0.4, 0.5) is 0 Å². The van der Waals surface area contributed by atoms with Crippen molar-refractivity contribution in [3.8, 4) is 0 Å². The van der Waals surface area contributed by atoms with E-state index in [4.69, 9.17) is 9.84 Å². The summed E-state index contributed by atoms with van der Waals surface area (Å²) in [6, 6.07) is 0. The van der Waals surface area contributed by atoms with Gasteiger partial charge in [-0.1, -0.05) is 0 Å². The summed E-state index contributed by atoms with van der Waals surface area (Å²) in [6.07, 6.45) is 6.43. The van der Waals surface area contributed by atoms with Crippen molar-refractivity contribution in [3.63, 3.8) is 0 Å². The Balaban J connectivity index is 2.84. The summed E-state index contributed by atoms with van der Waals surface area (Å²) in [5, 5.41) is 8.92. The van der Waals surface area contributed by atoms with Crippen LogP contribution in [0.3, 0.4) is 0 Å². The van der Waals surface area contributed by atoms with Gasteiger partial charge in [0.2, 0.25) is 0 Å². The van der Waals surface area contributed by atoms with Gasteiger partial charge >= 0.3 is 113 Å². The minimum atomic E-state index is -0.708. The SMILES string of the molecule is C=C(C=C1CCCCC(CC(=O)O)[C]1=[W])OC. The van der Waals surface area contributed by atoms with E-state index in [0.29, 0.717) is 5.76 Å². The van der Waals surface area contributed by atoms with Gasteiger partial charge in [0.15, 0.2) is 0 Å². The zero-order valence-electron chi connectivity index (χ0n) is 10.1. The number of hydrogen-bond donors (Lipinski definition) is 1. The summed E-state index contributed by atoms with van der Waals surface area (Å²) < 4.78 is 6.33. The van der Waals surface area contributed by atoms with Crippen molar-refractivity contribution < 1.29 is 34.0 Å². The normalized spacial score (nSPS) is 23.2. The predicted octanol–water partition coefficient (Wildman–Crippen LogP) is 2.46. The van der Waals surface area contributed by atoms with Crippen molar-refractivity contribution in [2.24, 2.45) is 5.92 Å². The Morgan fingerprint density at radius 1 is 1.65 bits per heavy atom. The second-order valence-corrected chi connectivity index (χ2v) is 5.82. The predicted molar refractivity (Wildman–Crippen MR) is 63.4 cm³/mol. The van der Waals surface area contributed by atoms with Crippen LogP contribution in [-0.2, 0) is 28.9 Å². The molecule has 0 aromatic carbocycles. The molecule has 0 aliphatic heterocycles. The van der Waals surface area contributed by atoms with E-state index in [-0.39, 0.29) is 12.3 Å². The van der Waals surface area contributed by atoms with Crippen LogP contribution in [0.1, 0.15) is 32.1 Å². The van der Waals surface area contributed by atoms with E-state index < -0.39 is 5.97 Å². The molecule has 1 unspecified atom stereocenters. The van der Waals surface area contributed by atoms with Crippen molar-refractivity contribution >= 4 is 9.87 Å². The molecule has 0 radical (unpaired) electrons. The molecule has 3 nitrogen and oxygen atoms in total. The molecule has 1 aliphatic rings. The van der Waals surface area contributed by atoms with Crippen LogP contribution < -0.4 is 0 Å². The first-order valence-electron chi connectivity index (χ1n) is 5.74. The summed E-state index contributed by atoms with van der Waals surface area (Å²) in [7, 11) is 1.60. The Bertz CT molecular complexity index is 358. The standard InChI is InChI=1S/C13H18O3.W/c1-10(16-2)7-11-5-3-4-6-12(8-11)9-13(14)15;/h7,12H,1,3-6,9H2,2H3,(H,14,15);. The number of carboxylic acid groups (broad SMARTS) is 1. The van der Waals surface area contributed by atoms with Crippen LogP contribution in [0.15, 0.2) is 24.0 Å². The molecule has 0 aromatic rings. The van der Waals surface area contributed by atoms with E-state index in [2.05, 4.69) is 6.58 Å². The number of carboxylic acids is 1. The Kier molecular flexibility index (Phi) is 5.83. The van der Waals surface area contributed by atoms with Crippen LogP contribution in [0.2, 0.25) is 0 Å². The molecular formula is C13H18O3W. The van der Waals surface area contributed by atoms with Crippen LogP contribution in [-0.4, -0.2) is 22.1 Å². The van der Waals surface area contributed by atoms with Crippen molar-refractivity contribution in [2.45, 2.75) is 32.1 Å². The van der Waals surface area contributed by atoms with Crippen molar-refractivity contribution in [2.75, 3.05) is 7.11 Å². The molecule has 17 heavy (non-hydrogen) atoms. The van der Waals surface area contributed by atoms with Gasteiger partial charge in [-0.25, -0.2) is 0 Å². The fourth-order valence-corrected chi connectivity index (χ4v) is 3.33. The van der Waals surface area contributed by atoms with Crippen LogP contribution >= 0.6 is 0 Å². The second kappa shape index (κ2) is 6.90. The maximum absolute atomic E-state index is 10.8. The van der Waals surface area contributed by atoms with Crippen LogP contribution in [0.25, 0.3) is 0 Å². The summed E-state index contributed by atoms with van der Waals surface area (Å²) in [6.45, 7) is 3.80. The molecule has 94 valence electrons. The van der Waals surface area contributed by atoms with Crippen molar-refractivity contribution in [3.05, 3.63) is 24.0 Å². The van der Waals surface area contributed by atoms with E-state index >= 15 is 0 Å². The van der Waals surface area contributed by atoms with Crippen molar-refractivity contribution in [1.29, 1.82) is 0 Å². The van der Waals surface area contributed by atoms with Gasteiger partial charge in [0.25, 0.3) is 0 Å². The Hall–Kier alpha value is -0.692. The molecule has 1 saturated carbocycles. The van der Waals surface area contributed by atoms with Crippen molar-refractivity contribution in [1.82, 2.24) is 0 Å². The zero-order chi connectivity index (χ0) is 12.8. The Labute approximate surface area is 113 Å². The van der Waals surface area contributed by atoms with Gasteiger partial charge in [0, 0.05) is 0 Å². The summed E-state index contributed by atoms with van der Waals surface area (Å²) in [5.74, 6) is 0.135. The second-order valence-electron chi connectivity index (χ2n) is 4.24. The first-order chi connectivity index (χ1) is 8.04. The van der Waals surface area contributed by atoms with E-state index in [1.54, 1.807) is 7.11 Å². The minimum absolute atomic E-state index is 0.195. The fourth-order valence-electron chi connectivity index (χ4n) is 2.02. The molecule has 0 saturated heterocycles. The number of carbonyl (C=O) groups is 1. The number of rotatable bonds is 4. The molecule has 0 amide bonds. The monoisotopic (exact) mass is 406 g/mol. The molecule has 0 bridgehead atoms. The third-order valence-electron chi connectivity index (χ3n) is 2.95. The number of hydrogen-bond acceptors (Lipinski definition) is 2. The molecule has 0 spiro atoms. The quantitative estimate of drug-likeness (QED) is 0.577. The van der Waals surface area contributed by atoms with Gasteiger partial charge in [0.05, 0.1) is 0 Å². The molecule has 1 rings (SSSR count). The van der Waals surface area contributed by atoms with E-state index in [0.717, 1.165) is 25.7 Å². The first kappa shape index (κ1) is 14.4. The van der Waals surface area contributed by atoms with Gasteiger partial charge < -0.3 is 0 Å². The van der Waals surface area contributed by atoms with E-state index in [9.17, 15) is 4.79 Å². The van der Waals surface area contributed by atoms with Gasteiger partial charge in [-0.2, -0.15) is 0 Å². The average Bonchev–Trinajstić information content (AvgIpc) is 2.43. The first-order valence-corrected chi connectivity index (χ1v) is 7.20. The van der Waals surface area contributed by atoms with E-state index in [1.807, 2.05) is 6.08 Å². The fraction of sp³-hybridized carbons (Fsp3) is 0.538. The molecule has 1 fully saturated rings. The number of aliphatic carboxylic acids is 1. The summed E-state index contributed by atoms with van der Waals surface area (Å²) in [4.78, 5) is 10.8. The number of ether oxygens (including phenoxy) is 1. The Morgan fingerprint density at radius 2 is 2.35 bits per heavy atom. The third-order valence-corrected chi connectivity index (χ3v) is 5.09. The van der Waals surface area contributed by atoms with Crippen LogP contribution in [0, 0.1) is 5.92 Å². The van der Waals surface area contributed by atoms with Crippen LogP contribution in [0.5, 0.6) is 0 Å². The van der Waals surface area contributed by atoms with E-state index in [1.165, 1.54) is 28.8 Å². The molecule has 1 atom stereocenters. The van der Waals surface area contributed by atoms with Gasteiger partial charge in [-0.3, -0.25) is 0 Å². The Morgan fingerprint density at radius 3 is 2.94 bits per heavy atom. The summed E-state index contributed by atoms with van der Waals surface area (Å²) >= 11 is 1.36. The topological polar surface area (TPSA) is 46.5 Å². The molecule has 1 N–H and O–H groups in total. The van der Waals surface area contributed by atoms with Gasteiger partial charge in [-0.05, 0) is 0 Å². The number of methoxy groups -OCH3 is 1. The van der Waals surface area contributed by atoms with Gasteiger partial charge in [0.1, 0.15) is 0 Å².